The third-order valence-electron chi connectivity index (χ3n) is 7.16. The highest BCUT2D eigenvalue weighted by Crippen LogP contribution is 2.32. The van der Waals surface area contributed by atoms with Crippen molar-refractivity contribution in [3.8, 4) is 5.75 Å². The number of carbonyl (C=O) groups excluding carboxylic acids is 3. The van der Waals surface area contributed by atoms with Crippen LogP contribution in [-0.4, -0.2) is 49.7 Å². The molecule has 0 radical (unpaired) electrons. The van der Waals surface area contributed by atoms with Crippen LogP contribution >= 0.6 is 0 Å². The van der Waals surface area contributed by atoms with Crippen molar-refractivity contribution in [3.05, 3.63) is 132 Å². The van der Waals surface area contributed by atoms with Gasteiger partial charge in [-0.05, 0) is 41.0 Å². The summed E-state index contributed by atoms with van der Waals surface area (Å²) in [7, 11) is 1.55. The van der Waals surface area contributed by atoms with Crippen molar-refractivity contribution in [2.24, 2.45) is 0 Å². The number of methoxy groups -OCH3 is 1. The molecule has 1 saturated heterocycles. The number of ether oxygens (including phenoxy) is 4. The molecule has 0 spiro atoms. The van der Waals surface area contributed by atoms with E-state index in [0.717, 1.165) is 16.7 Å². The van der Waals surface area contributed by atoms with Crippen LogP contribution in [0.15, 0.2) is 115 Å². The first-order valence-corrected chi connectivity index (χ1v) is 14.3. The zero-order valence-electron chi connectivity index (χ0n) is 24.3. The van der Waals surface area contributed by atoms with Crippen molar-refractivity contribution in [2.45, 2.75) is 38.0 Å². The summed E-state index contributed by atoms with van der Waals surface area (Å²) < 4.78 is 22.6. The number of carbonyl (C=O) groups is 3. The van der Waals surface area contributed by atoms with Crippen LogP contribution in [0.5, 0.6) is 5.75 Å². The summed E-state index contributed by atoms with van der Waals surface area (Å²) >= 11 is 0. The highest BCUT2D eigenvalue weighted by Gasteiger charge is 2.53. The lowest BCUT2D eigenvalue weighted by Gasteiger charge is -2.45. The van der Waals surface area contributed by atoms with Gasteiger partial charge in [-0.3, -0.25) is 14.5 Å². The Morgan fingerprint density at radius 1 is 0.750 bits per heavy atom. The van der Waals surface area contributed by atoms with E-state index in [1.165, 1.54) is 4.90 Å². The number of nitrogens with one attached hydrogen (secondary N) is 1. The fraction of sp³-hybridized carbons (Fsp3) is 0.229. The van der Waals surface area contributed by atoms with E-state index in [1.54, 1.807) is 31.4 Å². The fourth-order valence-corrected chi connectivity index (χ4v) is 4.79. The average molecular weight is 595 g/mol. The summed E-state index contributed by atoms with van der Waals surface area (Å²) in [5.74, 6) is -0.978. The van der Waals surface area contributed by atoms with E-state index in [2.05, 4.69) is 5.32 Å². The third kappa shape index (κ3) is 7.69. The number of hydrogen-bond acceptors (Lipinski definition) is 7. The van der Waals surface area contributed by atoms with Gasteiger partial charge in [0.25, 0.3) is 5.91 Å². The first-order valence-electron chi connectivity index (χ1n) is 14.3. The number of anilines is 1. The van der Waals surface area contributed by atoms with Gasteiger partial charge < -0.3 is 24.3 Å². The second-order valence-corrected chi connectivity index (χ2v) is 10.2. The van der Waals surface area contributed by atoms with Gasteiger partial charge in [0.1, 0.15) is 12.4 Å². The molecule has 0 aromatic heterocycles. The zero-order valence-corrected chi connectivity index (χ0v) is 24.3. The van der Waals surface area contributed by atoms with Gasteiger partial charge in [0.2, 0.25) is 5.91 Å². The molecule has 1 aliphatic heterocycles. The number of rotatable bonds is 14. The van der Waals surface area contributed by atoms with Crippen LogP contribution < -0.4 is 15.0 Å². The van der Waals surface area contributed by atoms with Crippen molar-refractivity contribution in [3.63, 3.8) is 0 Å². The number of nitrogens with zero attached hydrogens (tertiary/aromatic N) is 1. The average Bonchev–Trinajstić information content (AvgIpc) is 3.07. The van der Waals surface area contributed by atoms with Crippen molar-refractivity contribution >= 4 is 23.5 Å². The molecule has 4 aromatic carbocycles. The van der Waals surface area contributed by atoms with Crippen molar-refractivity contribution in [1.82, 2.24) is 5.32 Å². The Kier molecular flexibility index (Phi) is 10.4. The number of esters is 1. The summed E-state index contributed by atoms with van der Waals surface area (Å²) in [5.41, 5.74) is 3.08. The number of amides is 2. The lowest BCUT2D eigenvalue weighted by atomic mass is 9.95. The second-order valence-electron chi connectivity index (χ2n) is 10.2. The molecule has 1 N–H and O–H groups in total. The molecule has 0 aliphatic carbocycles. The minimum atomic E-state index is -1.13. The second kappa shape index (κ2) is 15.0. The van der Waals surface area contributed by atoms with E-state index < -0.39 is 30.1 Å². The first kappa shape index (κ1) is 30.5. The van der Waals surface area contributed by atoms with E-state index in [9.17, 15) is 14.4 Å². The highest BCUT2D eigenvalue weighted by atomic mass is 16.5. The van der Waals surface area contributed by atoms with Gasteiger partial charge >= 0.3 is 5.97 Å². The predicted octanol–water partition coefficient (Wildman–Crippen LogP) is 4.44. The Bertz CT molecular complexity index is 1520. The lowest BCUT2D eigenvalue weighted by Crippen LogP contribution is -2.72. The molecule has 4 aromatic rings. The van der Waals surface area contributed by atoms with Crippen LogP contribution in [0, 0.1) is 0 Å². The van der Waals surface area contributed by atoms with Crippen LogP contribution in [-0.2, 0) is 48.4 Å². The van der Waals surface area contributed by atoms with Gasteiger partial charge in [0.05, 0.1) is 26.9 Å². The molecule has 226 valence electrons. The molecular weight excluding hydrogens is 560 g/mol. The van der Waals surface area contributed by atoms with Gasteiger partial charge in [-0.1, -0.05) is 91.0 Å². The third-order valence-corrected chi connectivity index (χ3v) is 7.16. The topological polar surface area (TPSA) is 103 Å². The van der Waals surface area contributed by atoms with Gasteiger partial charge in [-0.15, -0.1) is 0 Å². The number of benzene rings is 4. The first-order chi connectivity index (χ1) is 21.5. The molecule has 5 rings (SSSR count). The van der Waals surface area contributed by atoms with Gasteiger partial charge in [0.15, 0.2) is 18.2 Å². The Balaban J connectivity index is 1.33. The predicted molar refractivity (Wildman–Crippen MR) is 164 cm³/mol. The minimum Gasteiger partial charge on any atom is -0.497 e. The van der Waals surface area contributed by atoms with E-state index >= 15 is 0 Å². The molecular formula is C35H34N2O7. The minimum absolute atomic E-state index is 0.0351. The van der Waals surface area contributed by atoms with Crippen molar-refractivity contribution in [1.29, 1.82) is 0 Å². The molecule has 9 heteroatoms. The summed E-state index contributed by atoms with van der Waals surface area (Å²) in [5, 5.41) is 2.78. The zero-order chi connectivity index (χ0) is 30.7. The summed E-state index contributed by atoms with van der Waals surface area (Å²) in [4.78, 5) is 41.8. The summed E-state index contributed by atoms with van der Waals surface area (Å²) in [6, 6.07) is 32.8. The van der Waals surface area contributed by atoms with Crippen LogP contribution in [0.3, 0.4) is 0 Å². The molecule has 1 aliphatic rings. The van der Waals surface area contributed by atoms with Crippen molar-refractivity contribution in [2.75, 3.05) is 18.6 Å². The fourth-order valence-electron chi connectivity index (χ4n) is 4.79. The SMILES string of the molecule is COc1ccc(N2C(=O)[C@@H](OCc3ccccc3)[C@H]2C(=O)N[C@@H](COCc2ccccc2)C(=O)OCc2ccccc2)cc1. The van der Waals surface area contributed by atoms with Gasteiger partial charge in [-0.25, -0.2) is 4.79 Å². The number of β-lactam (4-membered cyclic amide) rings is 1. The van der Waals surface area contributed by atoms with E-state index in [1.807, 2.05) is 91.0 Å². The van der Waals surface area contributed by atoms with E-state index in [0.29, 0.717) is 11.4 Å². The monoisotopic (exact) mass is 594 g/mol. The van der Waals surface area contributed by atoms with E-state index in [-0.39, 0.29) is 32.3 Å². The van der Waals surface area contributed by atoms with Gasteiger partial charge in [-0.2, -0.15) is 0 Å². The van der Waals surface area contributed by atoms with Crippen LogP contribution in [0.1, 0.15) is 16.7 Å². The lowest BCUT2D eigenvalue weighted by molar-refractivity contribution is -0.155. The quantitative estimate of drug-likeness (QED) is 0.170. The molecule has 44 heavy (non-hydrogen) atoms. The van der Waals surface area contributed by atoms with Crippen LogP contribution in [0.2, 0.25) is 0 Å². The normalized spacial score (nSPS) is 16.5. The highest BCUT2D eigenvalue weighted by molar-refractivity contribution is 6.14. The Hall–Kier alpha value is -4.99. The van der Waals surface area contributed by atoms with Gasteiger partial charge in [0, 0.05) is 5.69 Å². The molecule has 0 unspecified atom stereocenters. The standard InChI is InChI=1S/C35H34N2O7/c1-41-29-19-17-28(18-20-29)37-31(32(34(37)39)43-22-26-13-7-3-8-14-26)33(38)36-30(24-42-21-25-11-5-2-6-12-25)35(40)44-23-27-15-9-4-10-16-27/h2-20,30-32H,21-24H2,1H3,(H,36,38)/t30-,31-,32-/m0/s1. The molecule has 9 nitrogen and oxygen atoms in total. The maximum Gasteiger partial charge on any atom is 0.331 e. The Labute approximate surface area is 256 Å². The van der Waals surface area contributed by atoms with E-state index in [4.69, 9.17) is 18.9 Å². The van der Waals surface area contributed by atoms with Crippen LogP contribution in [0.25, 0.3) is 0 Å². The maximum atomic E-state index is 13.8. The van der Waals surface area contributed by atoms with Crippen LogP contribution in [0.4, 0.5) is 5.69 Å². The Morgan fingerprint density at radius 3 is 1.86 bits per heavy atom. The molecule has 3 atom stereocenters. The smallest absolute Gasteiger partial charge is 0.331 e. The Morgan fingerprint density at radius 2 is 1.30 bits per heavy atom. The largest absolute Gasteiger partial charge is 0.497 e. The number of hydrogen-bond donors (Lipinski definition) is 1. The molecule has 0 bridgehead atoms. The molecule has 2 amide bonds. The van der Waals surface area contributed by atoms with Crippen molar-refractivity contribution < 1.29 is 33.3 Å². The molecule has 0 saturated carbocycles. The summed E-state index contributed by atoms with van der Waals surface area (Å²) in [6.07, 6.45) is -1.05. The molecule has 1 heterocycles. The maximum absolute atomic E-state index is 13.8. The summed E-state index contributed by atoms with van der Waals surface area (Å²) in [6.45, 7) is 0.280. The molecule has 1 fully saturated rings.